The highest BCUT2D eigenvalue weighted by Gasteiger charge is 2.10. The standard InChI is InChI=1S/C13H18N2O2/c1-3-8-15(4-2)13(16)10-17-12-7-5-6-11(14)9-12/h3,5-7,9H,1,4,8,10,14H2,2H3. The van der Waals surface area contributed by atoms with Crippen LogP contribution >= 0.6 is 0 Å². The summed E-state index contributed by atoms with van der Waals surface area (Å²) in [4.78, 5) is 13.4. The maximum Gasteiger partial charge on any atom is 0.260 e. The third kappa shape index (κ3) is 4.18. The van der Waals surface area contributed by atoms with Gasteiger partial charge in [0, 0.05) is 24.8 Å². The molecule has 1 amide bonds. The average Bonchev–Trinajstić information content (AvgIpc) is 2.33. The molecule has 0 bridgehead atoms. The Morgan fingerprint density at radius 1 is 1.59 bits per heavy atom. The molecule has 0 fully saturated rings. The lowest BCUT2D eigenvalue weighted by Gasteiger charge is -2.19. The van der Waals surface area contributed by atoms with E-state index in [1.165, 1.54) is 0 Å². The van der Waals surface area contributed by atoms with E-state index in [1.807, 2.05) is 6.92 Å². The molecule has 0 unspecified atom stereocenters. The van der Waals surface area contributed by atoms with Crippen molar-refractivity contribution in [1.29, 1.82) is 0 Å². The molecule has 0 saturated carbocycles. The van der Waals surface area contributed by atoms with Crippen LogP contribution in [0.2, 0.25) is 0 Å². The van der Waals surface area contributed by atoms with Crippen LogP contribution in [-0.2, 0) is 4.79 Å². The van der Waals surface area contributed by atoms with Crippen molar-refractivity contribution >= 4 is 11.6 Å². The number of amides is 1. The number of benzene rings is 1. The molecule has 0 aliphatic heterocycles. The molecule has 0 atom stereocenters. The van der Waals surface area contributed by atoms with Crippen LogP contribution in [0.25, 0.3) is 0 Å². The van der Waals surface area contributed by atoms with Crippen LogP contribution in [0.15, 0.2) is 36.9 Å². The van der Waals surface area contributed by atoms with E-state index in [2.05, 4.69) is 6.58 Å². The van der Waals surface area contributed by atoms with Crippen molar-refractivity contribution < 1.29 is 9.53 Å². The Bertz CT molecular complexity index is 391. The Hall–Kier alpha value is -1.97. The van der Waals surface area contributed by atoms with E-state index < -0.39 is 0 Å². The topological polar surface area (TPSA) is 55.6 Å². The second-order valence-corrected chi connectivity index (χ2v) is 3.58. The summed E-state index contributed by atoms with van der Waals surface area (Å²) < 4.78 is 5.37. The number of rotatable bonds is 6. The zero-order valence-electron chi connectivity index (χ0n) is 10.1. The summed E-state index contributed by atoms with van der Waals surface area (Å²) in [6.07, 6.45) is 1.70. The number of carbonyl (C=O) groups is 1. The lowest BCUT2D eigenvalue weighted by Crippen LogP contribution is -2.34. The van der Waals surface area contributed by atoms with Crippen molar-refractivity contribution in [2.75, 3.05) is 25.4 Å². The van der Waals surface area contributed by atoms with Gasteiger partial charge in [-0.1, -0.05) is 12.1 Å². The van der Waals surface area contributed by atoms with Crippen LogP contribution in [0.5, 0.6) is 5.75 Å². The number of nitrogens with two attached hydrogens (primary N) is 1. The van der Waals surface area contributed by atoms with Gasteiger partial charge in [0.15, 0.2) is 6.61 Å². The molecule has 17 heavy (non-hydrogen) atoms. The van der Waals surface area contributed by atoms with Gasteiger partial charge in [-0.05, 0) is 19.1 Å². The smallest absolute Gasteiger partial charge is 0.260 e. The van der Waals surface area contributed by atoms with Crippen LogP contribution in [0.4, 0.5) is 5.69 Å². The summed E-state index contributed by atoms with van der Waals surface area (Å²) >= 11 is 0. The highest BCUT2D eigenvalue weighted by atomic mass is 16.5. The highest BCUT2D eigenvalue weighted by Crippen LogP contribution is 2.14. The van der Waals surface area contributed by atoms with Crippen LogP contribution in [-0.4, -0.2) is 30.5 Å². The fourth-order valence-corrected chi connectivity index (χ4v) is 1.40. The first-order valence-corrected chi connectivity index (χ1v) is 5.54. The minimum atomic E-state index is -0.0603. The number of anilines is 1. The van der Waals surface area contributed by atoms with Gasteiger partial charge in [-0.25, -0.2) is 0 Å². The number of carbonyl (C=O) groups excluding carboxylic acids is 1. The van der Waals surface area contributed by atoms with Gasteiger partial charge in [0.25, 0.3) is 5.91 Å². The SMILES string of the molecule is C=CCN(CC)C(=O)COc1cccc(N)c1. The average molecular weight is 234 g/mol. The quantitative estimate of drug-likeness (QED) is 0.602. The summed E-state index contributed by atoms with van der Waals surface area (Å²) in [5.74, 6) is 0.544. The van der Waals surface area contributed by atoms with Gasteiger partial charge in [0.2, 0.25) is 0 Å². The third-order valence-electron chi connectivity index (χ3n) is 2.30. The van der Waals surface area contributed by atoms with Crippen molar-refractivity contribution in [3.8, 4) is 5.75 Å². The monoisotopic (exact) mass is 234 g/mol. The number of hydrogen-bond donors (Lipinski definition) is 1. The number of nitrogen functional groups attached to an aromatic ring is 1. The highest BCUT2D eigenvalue weighted by molar-refractivity contribution is 5.77. The van der Waals surface area contributed by atoms with Crippen molar-refractivity contribution in [1.82, 2.24) is 4.90 Å². The summed E-state index contributed by atoms with van der Waals surface area (Å²) in [6, 6.07) is 7.02. The van der Waals surface area contributed by atoms with Gasteiger partial charge < -0.3 is 15.4 Å². The Kier molecular flexibility index (Phi) is 5.07. The van der Waals surface area contributed by atoms with Crippen LogP contribution in [0.3, 0.4) is 0 Å². The predicted molar refractivity (Wildman–Crippen MR) is 68.8 cm³/mol. The minimum absolute atomic E-state index is 0.0190. The maximum absolute atomic E-state index is 11.7. The molecule has 4 nitrogen and oxygen atoms in total. The summed E-state index contributed by atoms with van der Waals surface area (Å²) in [5, 5.41) is 0. The van der Waals surface area contributed by atoms with Gasteiger partial charge >= 0.3 is 0 Å². The van der Waals surface area contributed by atoms with Gasteiger partial charge in [0.1, 0.15) is 5.75 Å². The summed E-state index contributed by atoms with van der Waals surface area (Å²) in [6.45, 7) is 6.73. The first-order valence-electron chi connectivity index (χ1n) is 5.54. The Morgan fingerprint density at radius 2 is 2.35 bits per heavy atom. The Morgan fingerprint density at radius 3 is 2.94 bits per heavy atom. The van der Waals surface area contributed by atoms with E-state index in [-0.39, 0.29) is 12.5 Å². The molecular weight excluding hydrogens is 216 g/mol. The van der Waals surface area contributed by atoms with Crippen LogP contribution < -0.4 is 10.5 Å². The third-order valence-corrected chi connectivity index (χ3v) is 2.30. The first kappa shape index (κ1) is 13.1. The largest absolute Gasteiger partial charge is 0.484 e. The second-order valence-electron chi connectivity index (χ2n) is 3.58. The minimum Gasteiger partial charge on any atom is -0.484 e. The van der Waals surface area contributed by atoms with Gasteiger partial charge in [-0.15, -0.1) is 6.58 Å². The summed E-state index contributed by atoms with van der Waals surface area (Å²) in [7, 11) is 0. The van der Waals surface area contributed by atoms with E-state index in [0.717, 1.165) is 0 Å². The molecule has 1 rings (SSSR count). The van der Waals surface area contributed by atoms with Gasteiger partial charge in [-0.2, -0.15) is 0 Å². The van der Waals surface area contributed by atoms with E-state index >= 15 is 0 Å². The Balaban J connectivity index is 2.49. The lowest BCUT2D eigenvalue weighted by atomic mass is 10.3. The molecule has 0 aromatic heterocycles. The Labute approximate surface area is 102 Å². The van der Waals surface area contributed by atoms with E-state index in [4.69, 9.17) is 10.5 Å². The molecule has 1 aromatic carbocycles. The zero-order valence-corrected chi connectivity index (χ0v) is 10.1. The molecule has 0 spiro atoms. The molecule has 0 saturated heterocycles. The van der Waals surface area contributed by atoms with Crippen LogP contribution in [0, 0.1) is 0 Å². The molecule has 1 aromatic rings. The fraction of sp³-hybridized carbons (Fsp3) is 0.308. The van der Waals surface area contributed by atoms with Gasteiger partial charge in [0.05, 0.1) is 0 Å². The first-order chi connectivity index (χ1) is 8.17. The number of hydrogen-bond acceptors (Lipinski definition) is 3. The van der Waals surface area contributed by atoms with Crippen molar-refractivity contribution in [3.05, 3.63) is 36.9 Å². The molecule has 2 N–H and O–H groups in total. The zero-order chi connectivity index (χ0) is 12.7. The number of likely N-dealkylation sites (N-methyl/N-ethyl adjacent to an activating group) is 1. The van der Waals surface area contributed by atoms with Crippen LogP contribution in [0.1, 0.15) is 6.92 Å². The molecule has 0 radical (unpaired) electrons. The molecule has 92 valence electrons. The van der Waals surface area contributed by atoms with Gasteiger partial charge in [-0.3, -0.25) is 4.79 Å². The maximum atomic E-state index is 11.7. The molecule has 4 heteroatoms. The number of ether oxygens (including phenoxy) is 1. The van der Waals surface area contributed by atoms with Crippen molar-refractivity contribution in [2.24, 2.45) is 0 Å². The normalized spacial score (nSPS) is 9.71. The second kappa shape index (κ2) is 6.58. The van der Waals surface area contributed by atoms with E-state index in [1.54, 1.807) is 35.2 Å². The van der Waals surface area contributed by atoms with E-state index in [9.17, 15) is 4.79 Å². The molecule has 0 aliphatic carbocycles. The number of nitrogens with zero attached hydrogens (tertiary/aromatic N) is 1. The molecular formula is C13H18N2O2. The summed E-state index contributed by atoms with van der Waals surface area (Å²) in [5.41, 5.74) is 6.23. The predicted octanol–water partition coefficient (Wildman–Crippen LogP) is 1.68. The molecule has 0 aliphatic rings. The fourth-order valence-electron chi connectivity index (χ4n) is 1.40. The lowest BCUT2D eigenvalue weighted by molar-refractivity contribution is -0.132. The van der Waals surface area contributed by atoms with Crippen molar-refractivity contribution in [3.63, 3.8) is 0 Å². The van der Waals surface area contributed by atoms with Crippen molar-refractivity contribution in [2.45, 2.75) is 6.92 Å². The van der Waals surface area contributed by atoms with E-state index in [0.29, 0.717) is 24.5 Å². The molecule has 0 heterocycles.